The van der Waals surface area contributed by atoms with E-state index >= 15 is 4.39 Å². The SMILES string of the molecule is COc1ccc(CN(Cc2ccc(OC)cc2)c2cc(F)c(N3CCN(C(=O)OC(C)(C)C)CC3)cn2)cc1. The number of amides is 1. The fourth-order valence-corrected chi connectivity index (χ4v) is 4.40. The maximum atomic E-state index is 15.5. The Morgan fingerprint density at radius 1 is 0.897 bits per heavy atom. The summed E-state index contributed by atoms with van der Waals surface area (Å²) in [6.07, 6.45) is 1.24. The number of methoxy groups -OCH3 is 2. The third-order valence-electron chi connectivity index (χ3n) is 6.48. The highest BCUT2D eigenvalue weighted by atomic mass is 19.1. The predicted molar refractivity (Wildman–Crippen MR) is 150 cm³/mol. The normalized spacial score (nSPS) is 13.7. The van der Waals surface area contributed by atoms with Crippen molar-refractivity contribution >= 4 is 17.6 Å². The number of piperazine rings is 1. The van der Waals surface area contributed by atoms with Crippen LogP contribution in [0.5, 0.6) is 11.5 Å². The number of rotatable bonds is 8. The van der Waals surface area contributed by atoms with E-state index in [2.05, 4.69) is 4.98 Å². The third-order valence-corrected chi connectivity index (χ3v) is 6.48. The van der Waals surface area contributed by atoms with Crippen LogP contribution in [0.15, 0.2) is 60.8 Å². The predicted octanol–water partition coefficient (Wildman–Crippen LogP) is 5.50. The average Bonchev–Trinajstić information content (AvgIpc) is 2.92. The van der Waals surface area contributed by atoms with Gasteiger partial charge in [0.1, 0.15) is 22.9 Å². The standard InChI is InChI=1S/C30H37FN4O4/c1-30(2,3)39-29(36)34-16-14-33(15-17-34)27-19-32-28(18-26(27)31)35(20-22-6-10-24(37-4)11-7-22)21-23-8-12-25(38-5)13-9-23/h6-13,18-19H,14-17,20-21H2,1-5H3. The van der Waals surface area contributed by atoms with Gasteiger partial charge in [0.15, 0.2) is 5.82 Å². The molecule has 9 heteroatoms. The highest BCUT2D eigenvalue weighted by molar-refractivity contribution is 5.68. The van der Waals surface area contributed by atoms with E-state index in [0.717, 1.165) is 22.6 Å². The van der Waals surface area contributed by atoms with Gasteiger partial charge in [0.2, 0.25) is 0 Å². The molecule has 0 aliphatic carbocycles. The monoisotopic (exact) mass is 536 g/mol. The van der Waals surface area contributed by atoms with Gasteiger partial charge in [-0.2, -0.15) is 0 Å². The summed E-state index contributed by atoms with van der Waals surface area (Å²) >= 11 is 0. The quantitative estimate of drug-likeness (QED) is 0.377. The number of ether oxygens (including phenoxy) is 3. The second-order valence-corrected chi connectivity index (χ2v) is 10.5. The molecule has 0 N–H and O–H groups in total. The first-order chi connectivity index (χ1) is 18.6. The Morgan fingerprint density at radius 2 is 1.41 bits per heavy atom. The van der Waals surface area contributed by atoms with Gasteiger partial charge in [-0.3, -0.25) is 0 Å². The van der Waals surface area contributed by atoms with Crippen molar-refractivity contribution in [2.45, 2.75) is 39.5 Å². The number of nitrogens with zero attached hydrogens (tertiary/aromatic N) is 4. The first kappa shape index (κ1) is 28.0. The minimum Gasteiger partial charge on any atom is -0.497 e. The summed E-state index contributed by atoms with van der Waals surface area (Å²) in [5.74, 6) is 1.75. The smallest absolute Gasteiger partial charge is 0.410 e. The van der Waals surface area contributed by atoms with Crippen molar-refractivity contribution in [2.24, 2.45) is 0 Å². The maximum absolute atomic E-state index is 15.5. The van der Waals surface area contributed by atoms with Crippen molar-refractivity contribution in [2.75, 3.05) is 50.2 Å². The molecule has 0 saturated carbocycles. The lowest BCUT2D eigenvalue weighted by molar-refractivity contribution is 0.0240. The van der Waals surface area contributed by atoms with Gasteiger partial charge in [-0.05, 0) is 56.2 Å². The topological polar surface area (TPSA) is 67.4 Å². The summed E-state index contributed by atoms with van der Waals surface area (Å²) in [6, 6.07) is 17.1. The summed E-state index contributed by atoms with van der Waals surface area (Å²) in [5, 5.41) is 0. The Morgan fingerprint density at radius 3 is 1.85 bits per heavy atom. The molecule has 1 fully saturated rings. The second-order valence-electron chi connectivity index (χ2n) is 10.5. The van der Waals surface area contributed by atoms with E-state index in [4.69, 9.17) is 14.2 Å². The van der Waals surface area contributed by atoms with Crippen LogP contribution < -0.4 is 19.3 Å². The summed E-state index contributed by atoms with van der Waals surface area (Å²) in [5.41, 5.74) is 1.97. The van der Waals surface area contributed by atoms with Crippen molar-refractivity contribution in [3.63, 3.8) is 0 Å². The highest BCUT2D eigenvalue weighted by Gasteiger charge is 2.27. The number of benzene rings is 2. The molecule has 2 heterocycles. The fourth-order valence-electron chi connectivity index (χ4n) is 4.40. The Kier molecular flexibility index (Phi) is 8.79. The Balaban J connectivity index is 1.50. The average molecular weight is 537 g/mol. The molecule has 3 aromatic rings. The first-order valence-corrected chi connectivity index (χ1v) is 13.0. The van der Waals surface area contributed by atoms with E-state index < -0.39 is 5.60 Å². The molecule has 208 valence electrons. The molecular formula is C30H37FN4O4. The molecule has 1 saturated heterocycles. The first-order valence-electron chi connectivity index (χ1n) is 13.0. The number of carbonyl (C=O) groups excluding carboxylic acids is 1. The summed E-state index contributed by atoms with van der Waals surface area (Å²) in [4.78, 5) is 22.7. The molecule has 8 nitrogen and oxygen atoms in total. The fraction of sp³-hybridized carbons (Fsp3) is 0.400. The highest BCUT2D eigenvalue weighted by Crippen LogP contribution is 2.27. The van der Waals surface area contributed by atoms with E-state index in [1.54, 1.807) is 25.3 Å². The third kappa shape index (κ3) is 7.52. The minimum atomic E-state index is -0.552. The lowest BCUT2D eigenvalue weighted by Gasteiger charge is -2.36. The number of halogens is 1. The molecule has 2 aromatic carbocycles. The molecule has 0 radical (unpaired) electrons. The van der Waals surface area contributed by atoms with E-state index in [9.17, 15) is 4.79 Å². The van der Waals surface area contributed by atoms with E-state index in [-0.39, 0.29) is 11.9 Å². The molecular weight excluding hydrogens is 499 g/mol. The molecule has 0 unspecified atom stereocenters. The van der Waals surface area contributed by atoms with E-state index in [0.29, 0.717) is 50.8 Å². The van der Waals surface area contributed by atoms with Gasteiger partial charge in [0, 0.05) is 45.3 Å². The zero-order chi connectivity index (χ0) is 28.0. The van der Waals surface area contributed by atoms with Crippen molar-refractivity contribution in [1.82, 2.24) is 9.88 Å². The van der Waals surface area contributed by atoms with Gasteiger partial charge in [0.25, 0.3) is 0 Å². The number of hydrogen-bond donors (Lipinski definition) is 0. The van der Waals surface area contributed by atoms with Gasteiger partial charge < -0.3 is 28.9 Å². The molecule has 1 aromatic heterocycles. The molecule has 0 bridgehead atoms. The zero-order valence-electron chi connectivity index (χ0n) is 23.3. The number of carbonyl (C=O) groups is 1. The lowest BCUT2D eigenvalue weighted by Crippen LogP contribution is -2.50. The van der Waals surface area contributed by atoms with Crippen molar-refractivity contribution in [3.8, 4) is 11.5 Å². The summed E-state index contributed by atoms with van der Waals surface area (Å²) < 4.78 is 31.5. The van der Waals surface area contributed by atoms with Gasteiger partial charge in [-0.25, -0.2) is 14.2 Å². The number of hydrogen-bond acceptors (Lipinski definition) is 7. The van der Waals surface area contributed by atoms with E-state index in [1.807, 2.05) is 79.1 Å². The summed E-state index contributed by atoms with van der Waals surface area (Å²) in [6.45, 7) is 8.52. The van der Waals surface area contributed by atoms with Crippen LogP contribution in [-0.4, -0.2) is 62.0 Å². The summed E-state index contributed by atoms with van der Waals surface area (Å²) in [7, 11) is 3.27. The molecule has 1 amide bonds. The van der Waals surface area contributed by atoms with Crippen LogP contribution in [0.1, 0.15) is 31.9 Å². The molecule has 39 heavy (non-hydrogen) atoms. The van der Waals surface area contributed by atoms with Crippen LogP contribution in [0, 0.1) is 5.82 Å². The van der Waals surface area contributed by atoms with Crippen molar-refractivity contribution in [3.05, 3.63) is 77.7 Å². The number of aromatic nitrogens is 1. The Labute approximate surface area is 229 Å². The van der Waals surface area contributed by atoms with Crippen LogP contribution >= 0.6 is 0 Å². The second kappa shape index (κ2) is 12.2. The molecule has 1 aliphatic heterocycles. The lowest BCUT2D eigenvalue weighted by atomic mass is 10.1. The van der Waals surface area contributed by atoms with Crippen molar-refractivity contribution < 1.29 is 23.4 Å². The maximum Gasteiger partial charge on any atom is 0.410 e. The Bertz CT molecular complexity index is 1190. The number of anilines is 2. The van der Waals surface area contributed by atoms with Crippen LogP contribution in [0.4, 0.5) is 20.7 Å². The van der Waals surface area contributed by atoms with Gasteiger partial charge in [-0.15, -0.1) is 0 Å². The van der Waals surface area contributed by atoms with Gasteiger partial charge in [0.05, 0.1) is 26.1 Å². The molecule has 4 rings (SSSR count). The number of pyridine rings is 1. The Hall–Kier alpha value is -4.01. The minimum absolute atomic E-state index is 0.344. The molecule has 0 spiro atoms. The van der Waals surface area contributed by atoms with Gasteiger partial charge in [-0.1, -0.05) is 24.3 Å². The molecule has 1 aliphatic rings. The largest absolute Gasteiger partial charge is 0.497 e. The molecule has 0 atom stereocenters. The van der Waals surface area contributed by atoms with E-state index in [1.165, 1.54) is 6.07 Å². The van der Waals surface area contributed by atoms with Gasteiger partial charge >= 0.3 is 6.09 Å². The van der Waals surface area contributed by atoms with Crippen molar-refractivity contribution in [1.29, 1.82) is 0 Å². The van der Waals surface area contributed by atoms with Crippen LogP contribution in [-0.2, 0) is 17.8 Å². The van der Waals surface area contributed by atoms with Crippen LogP contribution in [0.25, 0.3) is 0 Å². The van der Waals surface area contributed by atoms with Crippen LogP contribution in [0.3, 0.4) is 0 Å². The van der Waals surface area contributed by atoms with Crippen LogP contribution in [0.2, 0.25) is 0 Å². The zero-order valence-corrected chi connectivity index (χ0v) is 23.3.